The molecule has 2 aromatic rings. The van der Waals surface area contributed by atoms with Gasteiger partial charge in [-0.1, -0.05) is 30.3 Å². The minimum atomic E-state index is -0.0450. The first kappa shape index (κ1) is 22.4. The van der Waals surface area contributed by atoms with Crippen LogP contribution in [0, 0.1) is 0 Å². The molecule has 0 saturated carbocycles. The number of imidazole rings is 1. The van der Waals surface area contributed by atoms with Crippen molar-refractivity contribution in [3.8, 4) is 11.3 Å². The van der Waals surface area contributed by atoms with E-state index in [0.717, 1.165) is 23.5 Å². The Kier molecular flexibility index (Phi) is 9.17. The summed E-state index contributed by atoms with van der Waals surface area (Å²) < 4.78 is 5.38. The molecule has 0 aliphatic rings. The highest BCUT2D eigenvalue weighted by atomic mass is 16.5. The van der Waals surface area contributed by atoms with E-state index in [-0.39, 0.29) is 12.5 Å². The van der Waals surface area contributed by atoms with Crippen molar-refractivity contribution in [2.75, 3.05) is 47.4 Å². The highest BCUT2D eigenvalue weighted by Crippen LogP contribution is 2.16. The molecule has 2 rings (SSSR count). The van der Waals surface area contributed by atoms with Crippen LogP contribution in [0.3, 0.4) is 0 Å². The molecule has 8 nitrogen and oxygen atoms in total. The van der Waals surface area contributed by atoms with Gasteiger partial charge in [0.05, 0.1) is 18.4 Å². The number of ether oxygens (including phenoxy) is 1. The van der Waals surface area contributed by atoms with Gasteiger partial charge in [0.25, 0.3) is 0 Å². The predicted molar refractivity (Wildman–Crippen MR) is 116 cm³/mol. The summed E-state index contributed by atoms with van der Waals surface area (Å²) >= 11 is 0. The Morgan fingerprint density at radius 3 is 2.69 bits per heavy atom. The Balaban J connectivity index is 2.01. The Morgan fingerprint density at radius 1 is 1.24 bits per heavy atom. The van der Waals surface area contributed by atoms with Crippen molar-refractivity contribution in [2.45, 2.75) is 19.9 Å². The molecule has 0 atom stereocenters. The van der Waals surface area contributed by atoms with Crippen LogP contribution in [-0.2, 0) is 16.1 Å². The smallest absolute Gasteiger partial charge is 0.243 e. The summed E-state index contributed by atoms with van der Waals surface area (Å²) in [6.45, 7) is 4.73. The molecule has 0 radical (unpaired) electrons. The molecule has 8 heteroatoms. The molecule has 0 spiro atoms. The van der Waals surface area contributed by atoms with Crippen LogP contribution >= 0.6 is 0 Å². The number of guanidine groups is 1. The van der Waals surface area contributed by atoms with E-state index in [4.69, 9.17) is 4.74 Å². The fourth-order valence-electron chi connectivity index (χ4n) is 2.62. The van der Waals surface area contributed by atoms with Gasteiger partial charge in [0.2, 0.25) is 5.91 Å². The highest BCUT2D eigenvalue weighted by Gasteiger charge is 2.12. The van der Waals surface area contributed by atoms with Crippen LogP contribution < -0.4 is 5.32 Å². The fraction of sp³-hybridized carbons (Fsp3) is 0.476. The van der Waals surface area contributed by atoms with Crippen LogP contribution in [-0.4, -0.2) is 79.1 Å². The number of likely N-dealkylation sites (N-methyl/N-ethyl adjacent to an activating group) is 1. The topological polar surface area (TPSA) is 85.8 Å². The van der Waals surface area contributed by atoms with Gasteiger partial charge >= 0.3 is 0 Å². The number of hydrogen-bond acceptors (Lipinski definition) is 4. The van der Waals surface area contributed by atoms with Crippen molar-refractivity contribution in [2.24, 2.45) is 4.99 Å². The maximum Gasteiger partial charge on any atom is 0.243 e. The van der Waals surface area contributed by atoms with Gasteiger partial charge in [0, 0.05) is 40.9 Å². The predicted octanol–water partition coefficient (Wildman–Crippen LogP) is 1.97. The number of H-pyrrole nitrogens is 1. The van der Waals surface area contributed by atoms with Gasteiger partial charge < -0.3 is 24.8 Å². The molecule has 2 N–H and O–H groups in total. The second kappa shape index (κ2) is 11.9. The van der Waals surface area contributed by atoms with E-state index in [9.17, 15) is 4.79 Å². The Hall–Kier alpha value is -2.87. The number of carbonyl (C=O) groups excluding carboxylic acids is 1. The van der Waals surface area contributed by atoms with Crippen LogP contribution in [0.1, 0.15) is 19.2 Å². The third-order valence-electron chi connectivity index (χ3n) is 4.28. The lowest BCUT2D eigenvalue weighted by atomic mass is 10.2. The van der Waals surface area contributed by atoms with Crippen LogP contribution in [0.4, 0.5) is 0 Å². The molecule has 1 aromatic heterocycles. The van der Waals surface area contributed by atoms with Crippen molar-refractivity contribution in [3.63, 3.8) is 0 Å². The summed E-state index contributed by atoms with van der Waals surface area (Å²) in [6.07, 6.45) is 2.70. The van der Waals surface area contributed by atoms with E-state index in [1.54, 1.807) is 14.1 Å². The molecule has 158 valence electrons. The molecule has 0 aliphatic heterocycles. The number of nitrogens with one attached hydrogen (secondary N) is 2. The third kappa shape index (κ3) is 7.57. The van der Waals surface area contributed by atoms with Gasteiger partial charge in [-0.2, -0.15) is 0 Å². The van der Waals surface area contributed by atoms with Gasteiger partial charge in [-0.3, -0.25) is 4.79 Å². The average Bonchev–Trinajstić information content (AvgIpc) is 3.18. The van der Waals surface area contributed by atoms with E-state index < -0.39 is 0 Å². The molecule has 0 fully saturated rings. The van der Waals surface area contributed by atoms with Crippen molar-refractivity contribution in [1.29, 1.82) is 0 Å². The number of aromatic amines is 1. The van der Waals surface area contributed by atoms with E-state index in [1.165, 1.54) is 4.90 Å². The Labute approximate surface area is 173 Å². The number of nitrogens with zero attached hydrogens (tertiary/aromatic N) is 4. The summed E-state index contributed by atoms with van der Waals surface area (Å²) in [5, 5.41) is 3.31. The summed E-state index contributed by atoms with van der Waals surface area (Å²) in [5.74, 6) is 1.44. The lowest BCUT2D eigenvalue weighted by Gasteiger charge is -2.22. The summed E-state index contributed by atoms with van der Waals surface area (Å²) in [4.78, 5) is 27.7. The van der Waals surface area contributed by atoms with Gasteiger partial charge in [0.15, 0.2) is 5.96 Å². The molecular formula is C21H32N6O2. The van der Waals surface area contributed by atoms with Crippen molar-refractivity contribution >= 4 is 11.9 Å². The SMILES string of the molecule is CCOCCCNC(=NCC(=O)N(C)C)N(C)Cc1ncc(-c2ccccc2)[nH]1. The first-order valence-electron chi connectivity index (χ1n) is 9.88. The second-order valence-corrected chi connectivity index (χ2v) is 6.87. The zero-order chi connectivity index (χ0) is 21.1. The second-order valence-electron chi connectivity index (χ2n) is 6.87. The molecular weight excluding hydrogens is 368 g/mol. The lowest BCUT2D eigenvalue weighted by Crippen LogP contribution is -2.40. The summed E-state index contributed by atoms with van der Waals surface area (Å²) in [6, 6.07) is 10.1. The number of amides is 1. The number of benzene rings is 1. The first-order valence-corrected chi connectivity index (χ1v) is 9.88. The van der Waals surface area contributed by atoms with Crippen molar-refractivity contribution < 1.29 is 9.53 Å². The van der Waals surface area contributed by atoms with Gasteiger partial charge in [-0.05, 0) is 18.9 Å². The quantitative estimate of drug-likeness (QED) is 0.362. The molecule has 1 amide bonds. The van der Waals surface area contributed by atoms with Crippen molar-refractivity contribution in [1.82, 2.24) is 25.1 Å². The number of carbonyl (C=O) groups is 1. The minimum Gasteiger partial charge on any atom is -0.382 e. The van der Waals surface area contributed by atoms with E-state index in [2.05, 4.69) is 20.3 Å². The number of aromatic nitrogens is 2. The normalized spacial score (nSPS) is 11.4. The number of rotatable bonds is 10. The minimum absolute atomic E-state index is 0.0450. The maximum absolute atomic E-state index is 11.9. The van der Waals surface area contributed by atoms with Gasteiger partial charge in [-0.15, -0.1) is 0 Å². The van der Waals surface area contributed by atoms with Crippen LogP contribution in [0.2, 0.25) is 0 Å². The monoisotopic (exact) mass is 400 g/mol. The Bertz CT molecular complexity index is 772. The maximum atomic E-state index is 11.9. The molecule has 0 aliphatic carbocycles. The molecule has 29 heavy (non-hydrogen) atoms. The summed E-state index contributed by atoms with van der Waals surface area (Å²) in [7, 11) is 5.38. The van der Waals surface area contributed by atoms with Crippen LogP contribution in [0.5, 0.6) is 0 Å². The third-order valence-corrected chi connectivity index (χ3v) is 4.28. The van der Waals surface area contributed by atoms with Crippen molar-refractivity contribution in [3.05, 3.63) is 42.4 Å². The molecule has 1 aromatic carbocycles. The van der Waals surface area contributed by atoms with Gasteiger partial charge in [0.1, 0.15) is 12.4 Å². The number of aliphatic imine (C=N–C) groups is 1. The first-order chi connectivity index (χ1) is 14.0. The molecule has 0 bridgehead atoms. The Morgan fingerprint density at radius 2 is 2.00 bits per heavy atom. The molecule has 1 heterocycles. The van der Waals surface area contributed by atoms with E-state index in [1.807, 2.05) is 55.4 Å². The zero-order valence-corrected chi connectivity index (χ0v) is 17.8. The zero-order valence-electron chi connectivity index (χ0n) is 17.8. The summed E-state index contributed by atoms with van der Waals surface area (Å²) in [5.41, 5.74) is 2.06. The standard InChI is InChI=1S/C21H32N6O2/c1-5-29-13-9-12-22-21(24-15-20(28)26(2)3)27(4)16-19-23-14-18(25-19)17-10-7-6-8-11-17/h6-8,10-11,14H,5,9,12-13,15-16H2,1-4H3,(H,22,24)(H,23,25). The van der Waals surface area contributed by atoms with E-state index >= 15 is 0 Å². The van der Waals surface area contributed by atoms with E-state index in [0.29, 0.717) is 32.3 Å². The van der Waals surface area contributed by atoms with Crippen LogP contribution in [0.15, 0.2) is 41.5 Å². The lowest BCUT2D eigenvalue weighted by molar-refractivity contribution is -0.127. The number of hydrogen-bond donors (Lipinski definition) is 2. The highest BCUT2D eigenvalue weighted by molar-refractivity contribution is 5.84. The molecule has 0 saturated heterocycles. The fourth-order valence-corrected chi connectivity index (χ4v) is 2.62. The average molecular weight is 401 g/mol. The largest absolute Gasteiger partial charge is 0.382 e. The van der Waals surface area contributed by atoms with Gasteiger partial charge in [-0.25, -0.2) is 9.98 Å². The molecule has 0 unspecified atom stereocenters. The van der Waals surface area contributed by atoms with Crippen LogP contribution in [0.25, 0.3) is 11.3 Å².